The first-order valence-electron chi connectivity index (χ1n) is 10.4. The molecule has 3 aromatic rings. The summed E-state index contributed by atoms with van der Waals surface area (Å²) in [4.78, 5) is 24.9. The quantitative estimate of drug-likeness (QED) is 0.513. The predicted molar refractivity (Wildman–Crippen MR) is 112 cm³/mol. The molecule has 1 aliphatic rings. The Labute approximate surface area is 195 Å². The molecule has 2 N–H and O–H groups in total. The Morgan fingerprint density at radius 1 is 1.11 bits per heavy atom. The summed E-state index contributed by atoms with van der Waals surface area (Å²) in [6, 6.07) is 7.33. The molecule has 0 spiro atoms. The van der Waals surface area contributed by atoms with Gasteiger partial charge in [-0.15, -0.1) is 10.2 Å². The van der Waals surface area contributed by atoms with Gasteiger partial charge in [0.15, 0.2) is 0 Å². The van der Waals surface area contributed by atoms with Gasteiger partial charge in [-0.1, -0.05) is 24.3 Å². The van der Waals surface area contributed by atoms with E-state index in [1.807, 2.05) is 0 Å². The summed E-state index contributed by atoms with van der Waals surface area (Å²) >= 11 is 0. The Kier molecular flexibility index (Phi) is 6.03. The number of tetrazole rings is 1. The molecule has 184 valence electrons. The van der Waals surface area contributed by atoms with E-state index in [9.17, 15) is 27.2 Å². The van der Waals surface area contributed by atoms with Crippen molar-refractivity contribution in [1.82, 2.24) is 30.8 Å². The van der Waals surface area contributed by atoms with Crippen LogP contribution >= 0.6 is 0 Å². The van der Waals surface area contributed by atoms with Crippen molar-refractivity contribution in [3.63, 3.8) is 0 Å². The van der Waals surface area contributed by atoms with Crippen LogP contribution in [0.2, 0.25) is 0 Å². The average molecular weight is 494 g/mol. The molecule has 2 aromatic carbocycles. The van der Waals surface area contributed by atoms with Crippen molar-refractivity contribution in [1.29, 1.82) is 0 Å². The fourth-order valence-corrected chi connectivity index (χ4v) is 3.66. The highest BCUT2D eigenvalue weighted by Gasteiger charge is 2.55. The van der Waals surface area contributed by atoms with E-state index < -0.39 is 41.2 Å². The van der Waals surface area contributed by atoms with E-state index in [0.717, 1.165) is 10.9 Å². The van der Waals surface area contributed by atoms with Crippen molar-refractivity contribution in [2.75, 3.05) is 0 Å². The van der Waals surface area contributed by atoms with Crippen molar-refractivity contribution in [2.24, 2.45) is 7.05 Å². The standard InChI is InChI=1S/C22H19F5N6O2/c1-11(28-19(34)21(8-9-21)29-20(35)22(25,26)27)13-7-6-12(10-16(13)24)14-4-3-5-15(23)17(14)18-30-32-33(2)31-18/h3-7,10-11H,8-9H2,1-2H3,(H,28,34)(H,29,35)/t11-/m0/s1. The molecule has 35 heavy (non-hydrogen) atoms. The molecule has 0 saturated heterocycles. The van der Waals surface area contributed by atoms with Crippen molar-refractivity contribution in [3.8, 4) is 22.5 Å². The molecule has 0 radical (unpaired) electrons. The number of benzene rings is 2. The molecule has 0 bridgehead atoms. The van der Waals surface area contributed by atoms with Crippen molar-refractivity contribution >= 4 is 11.8 Å². The Bertz CT molecular complexity index is 1300. The topological polar surface area (TPSA) is 102 Å². The Balaban J connectivity index is 1.55. The number of amides is 2. The number of alkyl halides is 3. The van der Waals surface area contributed by atoms with E-state index in [1.165, 1.54) is 38.2 Å². The first kappa shape index (κ1) is 24.2. The lowest BCUT2D eigenvalue weighted by molar-refractivity contribution is -0.175. The van der Waals surface area contributed by atoms with Gasteiger partial charge >= 0.3 is 12.1 Å². The number of carbonyl (C=O) groups excluding carboxylic acids is 2. The minimum absolute atomic E-state index is 0.0151. The highest BCUT2D eigenvalue weighted by Crippen LogP contribution is 2.38. The van der Waals surface area contributed by atoms with Crippen LogP contribution in [0.3, 0.4) is 0 Å². The van der Waals surface area contributed by atoms with E-state index in [-0.39, 0.29) is 29.8 Å². The van der Waals surface area contributed by atoms with Gasteiger partial charge in [-0.05, 0) is 48.2 Å². The van der Waals surface area contributed by atoms with Crippen LogP contribution in [-0.2, 0) is 16.6 Å². The zero-order chi connectivity index (χ0) is 25.5. The number of aromatic nitrogens is 4. The molecule has 1 saturated carbocycles. The zero-order valence-electron chi connectivity index (χ0n) is 18.5. The van der Waals surface area contributed by atoms with Crippen LogP contribution < -0.4 is 10.6 Å². The van der Waals surface area contributed by atoms with Crippen LogP contribution in [0.1, 0.15) is 31.4 Å². The van der Waals surface area contributed by atoms with Gasteiger partial charge in [-0.25, -0.2) is 8.78 Å². The second-order valence-corrected chi connectivity index (χ2v) is 8.23. The van der Waals surface area contributed by atoms with E-state index in [2.05, 4.69) is 20.7 Å². The molecule has 0 aliphatic heterocycles. The van der Waals surface area contributed by atoms with Crippen LogP contribution in [0.4, 0.5) is 22.0 Å². The number of aryl methyl sites for hydroxylation is 1. The van der Waals surface area contributed by atoms with Crippen LogP contribution in [0, 0.1) is 11.6 Å². The summed E-state index contributed by atoms with van der Waals surface area (Å²) in [5.41, 5.74) is -0.965. The second kappa shape index (κ2) is 8.71. The molecule has 4 rings (SSSR count). The van der Waals surface area contributed by atoms with Crippen LogP contribution in [-0.4, -0.2) is 43.7 Å². The summed E-state index contributed by atoms with van der Waals surface area (Å²) in [6.07, 6.45) is -5.05. The molecule has 13 heteroatoms. The minimum atomic E-state index is -5.12. The highest BCUT2D eigenvalue weighted by atomic mass is 19.4. The predicted octanol–water partition coefficient (Wildman–Crippen LogP) is 3.21. The molecule has 0 unspecified atom stereocenters. The summed E-state index contributed by atoms with van der Waals surface area (Å²) in [5.74, 6) is -4.40. The molecular formula is C22H19F5N6O2. The first-order valence-corrected chi connectivity index (χ1v) is 10.4. The molecule has 1 aromatic heterocycles. The summed E-state index contributed by atoms with van der Waals surface area (Å²) in [6.45, 7) is 1.45. The van der Waals surface area contributed by atoms with Gasteiger partial charge in [0, 0.05) is 5.56 Å². The third-order valence-corrected chi connectivity index (χ3v) is 5.67. The maximum absolute atomic E-state index is 15.0. The number of hydrogen-bond donors (Lipinski definition) is 2. The first-order chi connectivity index (χ1) is 16.4. The van der Waals surface area contributed by atoms with Crippen LogP contribution in [0.25, 0.3) is 22.5 Å². The van der Waals surface area contributed by atoms with Gasteiger partial charge in [0.2, 0.25) is 11.7 Å². The smallest absolute Gasteiger partial charge is 0.347 e. The fraction of sp³-hybridized carbons (Fsp3) is 0.318. The summed E-state index contributed by atoms with van der Waals surface area (Å²) in [7, 11) is 1.52. The van der Waals surface area contributed by atoms with E-state index in [0.29, 0.717) is 11.1 Å². The van der Waals surface area contributed by atoms with Gasteiger partial charge < -0.3 is 10.6 Å². The SMILES string of the molecule is C[C@H](NC(=O)C1(NC(=O)C(F)(F)F)CC1)c1ccc(-c2cccc(F)c2-c2nnn(C)n2)cc1F. The van der Waals surface area contributed by atoms with Gasteiger partial charge in [0.1, 0.15) is 17.2 Å². The monoisotopic (exact) mass is 494 g/mol. The van der Waals surface area contributed by atoms with E-state index in [4.69, 9.17) is 0 Å². The molecule has 2 amide bonds. The fourth-order valence-electron chi connectivity index (χ4n) is 3.66. The Morgan fingerprint density at radius 2 is 1.83 bits per heavy atom. The van der Waals surface area contributed by atoms with Crippen LogP contribution in [0.15, 0.2) is 36.4 Å². The third-order valence-electron chi connectivity index (χ3n) is 5.67. The lowest BCUT2D eigenvalue weighted by Gasteiger charge is -2.22. The van der Waals surface area contributed by atoms with E-state index in [1.54, 1.807) is 11.4 Å². The summed E-state index contributed by atoms with van der Waals surface area (Å²) < 4.78 is 67.3. The molecule has 8 nitrogen and oxygen atoms in total. The average Bonchev–Trinajstić information content (AvgIpc) is 3.44. The minimum Gasteiger partial charge on any atom is -0.347 e. The third kappa shape index (κ3) is 4.84. The normalized spacial score (nSPS) is 15.4. The molecule has 1 atom stereocenters. The second-order valence-electron chi connectivity index (χ2n) is 8.23. The molecule has 1 fully saturated rings. The van der Waals surface area contributed by atoms with Crippen molar-refractivity contribution < 1.29 is 31.5 Å². The number of nitrogens with one attached hydrogen (secondary N) is 2. The lowest BCUT2D eigenvalue weighted by atomic mass is 9.96. The maximum atomic E-state index is 15.0. The molecule has 1 aliphatic carbocycles. The Morgan fingerprint density at radius 3 is 2.40 bits per heavy atom. The van der Waals surface area contributed by atoms with Gasteiger partial charge in [0.25, 0.3) is 0 Å². The lowest BCUT2D eigenvalue weighted by Crippen LogP contribution is -2.53. The number of hydrogen-bond acceptors (Lipinski definition) is 5. The molecular weight excluding hydrogens is 475 g/mol. The van der Waals surface area contributed by atoms with E-state index >= 15 is 4.39 Å². The van der Waals surface area contributed by atoms with Crippen molar-refractivity contribution in [2.45, 2.75) is 37.5 Å². The van der Waals surface area contributed by atoms with Gasteiger partial charge in [0.05, 0.1) is 18.7 Å². The number of carbonyl (C=O) groups is 2. The molecule has 1 heterocycles. The van der Waals surface area contributed by atoms with Gasteiger partial charge in [-0.3, -0.25) is 9.59 Å². The number of nitrogens with zero attached hydrogens (tertiary/aromatic N) is 4. The Hall–Kier alpha value is -3.90. The largest absolute Gasteiger partial charge is 0.471 e. The van der Waals surface area contributed by atoms with Crippen LogP contribution in [0.5, 0.6) is 0 Å². The summed E-state index contributed by atoms with van der Waals surface area (Å²) in [5, 5.41) is 15.7. The highest BCUT2D eigenvalue weighted by molar-refractivity contribution is 5.95. The number of rotatable bonds is 6. The van der Waals surface area contributed by atoms with Gasteiger partial charge in [-0.2, -0.15) is 18.0 Å². The zero-order valence-corrected chi connectivity index (χ0v) is 18.5. The number of halogens is 5. The van der Waals surface area contributed by atoms with Crippen molar-refractivity contribution in [3.05, 3.63) is 53.6 Å². The maximum Gasteiger partial charge on any atom is 0.471 e.